The molecule has 0 saturated carbocycles. The first-order valence-corrected chi connectivity index (χ1v) is 3.35. The Kier molecular flexibility index (Phi) is 2.74. The van der Waals surface area contributed by atoms with Crippen LogP contribution in [0.5, 0.6) is 0 Å². The second kappa shape index (κ2) is 4.04. The van der Waals surface area contributed by atoms with Crippen molar-refractivity contribution < 1.29 is 4.79 Å². The highest BCUT2D eigenvalue weighted by atomic mass is 16.1. The standard InChI is InChI=1S/C9H6N2O/c10-6-2-5-8-3-1-4-9(7-12)11-8/h1-5,7H. The number of rotatable bonds is 2. The van der Waals surface area contributed by atoms with Gasteiger partial charge in [0.25, 0.3) is 0 Å². The highest BCUT2D eigenvalue weighted by Gasteiger charge is 1.90. The molecule has 0 spiro atoms. The fourth-order valence-corrected chi connectivity index (χ4v) is 0.750. The summed E-state index contributed by atoms with van der Waals surface area (Å²) in [5.41, 5.74) is 0.983. The zero-order valence-electron chi connectivity index (χ0n) is 6.27. The molecule has 1 aromatic rings. The number of aromatic nitrogens is 1. The second-order valence-corrected chi connectivity index (χ2v) is 2.07. The predicted octanol–water partition coefficient (Wildman–Crippen LogP) is 1.43. The van der Waals surface area contributed by atoms with Gasteiger partial charge < -0.3 is 0 Å². The molecule has 0 aromatic carbocycles. The van der Waals surface area contributed by atoms with E-state index in [2.05, 4.69) is 4.98 Å². The number of pyridine rings is 1. The summed E-state index contributed by atoms with van der Waals surface area (Å²) >= 11 is 0. The van der Waals surface area contributed by atoms with Crippen LogP contribution in [0.25, 0.3) is 6.08 Å². The summed E-state index contributed by atoms with van der Waals surface area (Å²) in [6, 6.07) is 6.89. The van der Waals surface area contributed by atoms with Crippen molar-refractivity contribution in [2.75, 3.05) is 0 Å². The second-order valence-electron chi connectivity index (χ2n) is 2.07. The van der Waals surface area contributed by atoms with Crippen molar-refractivity contribution in [1.82, 2.24) is 4.98 Å². The minimum Gasteiger partial charge on any atom is -0.296 e. The molecule has 0 N–H and O–H groups in total. The van der Waals surface area contributed by atoms with Crippen LogP contribution in [0.4, 0.5) is 0 Å². The number of allylic oxidation sites excluding steroid dienone is 1. The van der Waals surface area contributed by atoms with E-state index in [0.717, 1.165) is 0 Å². The minimum absolute atomic E-state index is 0.370. The Labute approximate surface area is 70.0 Å². The maximum atomic E-state index is 10.3. The molecule has 12 heavy (non-hydrogen) atoms. The van der Waals surface area contributed by atoms with Gasteiger partial charge in [0.2, 0.25) is 0 Å². The van der Waals surface area contributed by atoms with Crippen LogP contribution in [0.1, 0.15) is 16.2 Å². The Morgan fingerprint density at radius 3 is 2.83 bits per heavy atom. The Balaban J connectivity index is 2.95. The summed E-state index contributed by atoms with van der Waals surface area (Å²) in [5.74, 6) is 0. The van der Waals surface area contributed by atoms with Gasteiger partial charge in [-0.05, 0) is 18.2 Å². The lowest BCUT2D eigenvalue weighted by Crippen LogP contribution is -1.87. The van der Waals surface area contributed by atoms with Crippen molar-refractivity contribution in [3.63, 3.8) is 0 Å². The van der Waals surface area contributed by atoms with Gasteiger partial charge in [-0.3, -0.25) is 4.79 Å². The molecule has 1 rings (SSSR count). The lowest BCUT2D eigenvalue weighted by atomic mass is 10.3. The number of hydrogen-bond acceptors (Lipinski definition) is 3. The third-order valence-corrected chi connectivity index (χ3v) is 1.24. The number of aldehydes is 1. The van der Waals surface area contributed by atoms with Gasteiger partial charge in [-0.2, -0.15) is 5.26 Å². The zero-order chi connectivity index (χ0) is 8.81. The van der Waals surface area contributed by atoms with E-state index < -0.39 is 0 Å². The monoisotopic (exact) mass is 158 g/mol. The van der Waals surface area contributed by atoms with Gasteiger partial charge in [-0.1, -0.05) is 6.07 Å². The van der Waals surface area contributed by atoms with Gasteiger partial charge in [0.15, 0.2) is 6.29 Å². The average Bonchev–Trinajstić information content (AvgIpc) is 2.15. The molecule has 1 heterocycles. The maximum absolute atomic E-state index is 10.3. The molecule has 0 aliphatic carbocycles. The van der Waals surface area contributed by atoms with Crippen LogP contribution in [0.15, 0.2) is 24.3 Å². The number of hydrogen-bond donors (Lipinski definition) is 0. The molecule has 0 radical (unpaired) electrons. The van der Waals surface area contributed by atoms with Crippen molar-refractivity contribution in [2.24, 2.45) is 0 Å². The Morgan fingerprint density at radius 2 is 2.17 bits per heavy atom. The number of nitrogens with zero attached hydrogens (tertiary/aromatic N) is 2. The molecular formula is C9H6N2O. The Hall–Kier alpha value is -1.95. The van der Waals surface area contributed by atoms with Crippen molar-refractivity contribution >= 4 is 12.4 Å². The molecule has 0 aliphatic heterocycles. The quantitative estimate of drug-likeness (QED) is 0.483. The van der Waals surface area contributed by atoms with Gasteiger partial charge in [-0.25, -0.2) is 4.98 Å². The molecule has 0 amide bonds. The topological polar surface area (TPSA) is 53.8 Å². The first kappa shape index (κ1) is 8.15. The largest absolute Gasteiger partial charge is 0.296 e. The molecule has 0 fully saturated rings. The van der Waals surface area contributed by atoms with Gasteiger partial charge >= 0.3 is 0 Å². The molecule has 3 heteroatoms. The fourth-order valence-electron chi connectivity index (χ4n) is 0.750. The Bertz CT molecular complexity index is 350. The number of carbonyl (C=O) groups is 1. The van der Waals surface area contributed by atoms with E-state index in [1.807, 2.05) is 6.07 Å². The van der Waals surface area contributed by atoms with Crippen molar-refractivity contribution in [1.29, 1.82) is 5.26 Å². The summed E-state index contributed by atoms with van der Waals surface area (Å²) < 4.78 is 0. The molecule has 58 valence electrons. The highest BCUT2D eigenvalue weighted by molar-refractivity contribution is 5.72. The summed E-state index contributed by atoms with van der Waals surface area (Å²) in [6.45, 7) is 0. The van der Waals surface area contributed by atoms with Gasteiger partial charge in [-0.15, -0.1) is 0 Å². The third kappa shape index (κ3) is 2.03. The van der Waals surface area contributed by atoms with Crippen LogP contribution >= 0.6 is 0 Å². The van der Waals surface area contributed by atoms with Crippen LogP contribution in [0.3, 0.4) is 0 Å². The van der Waals surface area contributed by atoms with Crippen LogP contribution in [0.2, 0.25) is 0 Å². The molecule has 0 saturated heterocycles. The summed E-state index contributed by atoms with van der Waals surface area (Å²) in [6.07, 6.45) is 3.54. The SMILES string of the molecule is N#CC=Cc1cccc(C=O)n1. The van der Waals surface area contributed by atoms with Crippen LogP contribution in [-0.4, -0.2) is 11.3 Å². The first-order valence-electron chi connectivity index (χ1n) is 3.35. The molecule has 0 unspecified atom stereocenters. The van der Waals surface area contributed by atoms with Gasteiger partial charge in [0.1, 0.15) is 5.69 Å². The lowest BCUT2D eigenvalue weighted by Gasteiger charge is -1.91. The smallest absolute Gasteiger partial charge is 0.168 e. The molecular weight excluding hydrogens is 152 g/mol. The van der Waals surface area contributed by atoms with E-state index in [0.29, 0.717) is 17.7 Å². The normalized spacial score (nSPS) is 9.58. The van der Waals surface area contributed by atoms with E-state index in [9.17, 15) is 4.79 Å². The van der Waals surface area contributed by atoms with E-state index in [1.165, 1.54) is 6.08 Å². The lowest BCUT2D eigenvalue weighted by molar-refractivity contribution is 0.111. The molecule has 1 aromatic heterocycles. The fraction of sp³-hybridized carbons (Fsp3) is 0. The number of nitriles is 1. The van der Waals surface area contributed by atoms with Crippen LogP contribution in [0, 0.1) is 11.3 Å². The third-order valence-electron chi connectivity index (χ3n) is 1.24. The molecule has 3 nitrogen and oxygen atoms in total. The first-order chi connectivity index (χ1) is 5.86. The van der Waals surface area contributed by atoms with Gasteiger partial charge in [0.05, 0.1) is 11.8 Å². The van der Waals surface area contributed by atoms with Crippen LogP contribution in [-0.2, 0) is 0 Å². The average molecular weight is 158 g/mol. The van der Waals surface area contributed by atoms with E-state index in [1.54, 1.807) is 24.3 Å². The van der Waals surface area contributed by atoms with Crippen molar-refractivity contribution in [2.45, 2.75) is 0 Å². The predicted molar refractivity (Wildman–Crippen MR) is 44.3 cm³/mol. The van der Waals surface area contributed by atoms with Crippen molar-refractivity contribution in [3.05, 3.63) is 35.7 Å². The Morgan fingerprint density at radius 1 is 1.42 bits per heavy atom. The zero-order valence-corrected chi connectivity index (χ0v) is 6.27. The highest BCUT2D eigenvalue weighted by Crippen LogP contribution is 1.98. The maximum Gasteiger partial charge on any atom is 0.168 e. The van der Waals surface area contributed by atoms with E-state index >= 15 is 0 Å². The minimum atomic E-state index is 0.370. The summed E-state index contributed by atoms with van der Waals surface area (Å²) in [4.78, 5) is 14.2. The van der Waals surface area contributed by atoms with Gasteiger partial charge in [0, 0.05) is 6.08 Å². The molecule has 0 atom stereocenters. The van der Waals surface area contributed by atoms with Crippen molar-refractivity contribution in [3.8, 4) is 6.07 Å². The molecule has 0 aliphatic rings. The van der Waals surface area contributed by atoms with Crippen LogP contribution < -0.4 is 0 Å². The summed E-state index contributed by atoms with van der Waals surface area (Å²) in [7, 11) is 0. The van der Waals surface area contributed by atoms with E-state index in [4.69, 9.17) is 5.26 Å². The van der Waals surface area contributed by atoms with E-state index in [-0.39, 0.29) is 0 Å². The molecule has 0 bridgehead atoms. The summed E-state index contributed by atoms with van der Waals surface area (Å²) in [5, 5.41) is 8.22. The number of carbonyl (C=O) groups excluding carboxylic acids is 1.